The molecule has 1 aromatic heterocycles. The Hall–Kier alpha value is -1.58. The van der Waals surface area contributed by atoms with Crippen LogP contribution in [0.4, 0.5) is 0 Å². The predicted molar refractivity (Wildman–Crippen MR) is 81.6 cm³/mol. The molecule has 1 unspecified atom stereocenters. The molecule has 108 valence electrons. The smallest absolute Gasteiger partial charge is 0.134 e. The van der Waals surface area contributed by atoms with Gasteiger partial charge < -0.3 is 14.5 Å². The average Bonchev–Trinajstić information content (AvgIpc) is 2.95. The number of nitrogens with one attached hydrogen (secondary N) is 1. The summed E-state index contributed by atoms with van der Waals surface area (Å²) >= 11 is 0. The van der Waals surface area contributed by atoms with E-state index in [9.17, 15) is 0 Å². The van der Waals surface area contributed by atoms with Crippen LogP contribution in [0.15, 0.2) is 40.8 Å². The Morgan fingerprint density at radius 1 is 1.25 bits per heavy atom. The van der Waals surface area contributed by atoms with E-state index in [0.717, 1.165) is 35.6 Å². The molecule has 20 heavy (non-hydrogen) atoms. The van der Waals surface area contributed by atoms with Crippen LogP contribution in [0.1, 0.15) is 37.6 Å². The SMILES string of the molecule is CCCNC(C)c1ccc(-c2cccc(COC)c2)o1. The fourth-order valence-corrected chi connectivity index (χ4v) is 2.18. The molecule has 2 rings (SSSR count). The fraction of sp³-hybridized carbons (Fsp3) is 0.412. The number of ether oxygens (including phenoxy) is 1. The minimum Gasteiger partial charge on any atom is -0.459 e. The lowest BCUT2D eigenvalue weighted by Crippen LogP contribution is -2.18. The summed E-state index contributed by atoms with van der Waals surface area (Å²) in [5.41, 5.74) is 2.24. The number of benzene rings is 1. The number of hydrogen-bond donors (Lipinski definition) is 1. The first-order valence-corrected chi connectivity index (χ1v) is 7.16. The zero-order valence-corrected chi connectivity index (χ0v) is 12.5. The Kier molecular flexibility index (Phi) is 5.39. The maximum atomic E-state index is 5.96. The van der Waals surface area contributed by atoms with E-state index in [4.69, 9.17) is 9.15 Å². The summed E-state index contributed by atoms with van der Waals surface area (Å²) in [7, 11) is 1.71. The van der Waals surface area contributed by atoms with E-state index >= 15 is 0 Å². The number of furan rings is 1. The molecule has 0 spiro atoms. The van der Waals surface area contributed by atoms with Gasteiger partial charge in [-0.1, -0.05) is 25.1 Å². The molecule has 0 fully saturated rings. The van der Waals surface area contributed by atoms with E-state index in [1.165, 1.54) is 0 Å². The highest BCUT2D eigenvalue weighted by Crippen LogP contribution is 2.26. The molecule has 0 aliphatic heterocycles. The van der Waals surface area contributed by atoms with E-state index in [1.807, 2.05) is 18.2 Å². The summed E-state index contributed by atoms with van der Waals surface area (Å²) in [6.07, 6.45) is 1.12. The van der Waals surface area contributed by atoms with Gasteiger partial charge in [0.05, 0.1) is 12.6 Å². The largest absolute Gasteiger partial charge is 0.459 e. The highest BCUT2D eigenvalue weighted by molar-refractivity contribution is 5.58. The molecular weight excluding hydrogens is 250 g/mol. The van der Waals surface area contributed by atoms with Gasteiger partial charge in [0.2, 0.25) is 0 Å². The van der Waals surface area contributed by atoms with Crippen molar-refractivity contribution in [2.24, 2.45) is 0 Å². The molecule has 3 nitrogen and oxygen atoms in total. The van der Waals surface area contributed by atoms with Crippen LogP contribution in [0, 0.1) is 0 Å². The van der Waals surface area contributed by atoms with E-state index < -0.39 is 0 Å². The molecule has 1 atom stereocenters. The van der Waals surface area contributed by atoms with Gasteiger partial charge in [-0.25, -0.2) is 0 Å². The van der Waals surface area contributed by atoms with Gasteiger partial charge in [0.1, 0.15) is 11.5 Å². The van der Waals surface area contributed by atoms with Crippen LogP contribution >= 0.6 is 0 Å². The van der Waals surface area contributed by atoms with Crippen LogP contribution < -0.4 is 5.32 Å². The first-order chi connectivity index (χ1) is 9.74. The van der Waals surface area contributed by atoms with Crippen LogP contribution in [-0.4, -0.2) is 13.7 Å². The third kappa shape index (κ3) is 3.71. The molecule has 0 saturated carbocycles. The Bertz CT molecular complexity index is 533. The molecule has 1 aromatic carbocycles. The highest BCUT2D eigenvalue weighted by Gasteiger charge is 2.11. The van der Waals surface area contributed by atoms with E-state index in [1.54, 1.807) is 7.11 Å². The second-order valence-electron chi connectivity index (χ2n) is 5.01. The van der Waals surface area contributed by atoms with Crippen molar-refractivity contribution in [2.45, 2.75) is 32.9 Å². The number of methoxy groups -OCH3 is 1. The van der Waals surface area contributed by atoms with Crippen molar-refractivity contribution in [3.05, 3.63) is 47.7 Å². The molecule has 0 saturated heterocycles. The van der Waals surface area contributed by atoms with Gasteiger partial charge in [-0.3, -0.25) is 0 Å². The van der Waals surface area contributed by atoms with Crippen molar-refractivity contribution in [3.63, 3.8) is 0 Å². The first kappa shape index (κ1) is 14.8. The van der Waals surface area contributed by atoms with Crippen molar-refractivity contribution in [1.82, 2.24) is 5.32 Å². The van der Waals surface area contributed by atoms with Gasteiger partial charge in [0.15, 0.2) is 0 Å². The molecule has 1 heterocycles. The Morgan fingerprint density at radius 2 is 2.10 bits per heavy atom. The third-order valence-electron chi connectivity index (χ3n) is 3.28. The zero-order chi connectivity index (χ0) is 14.4. The lowest BCUT2D eigenvalue weighted by molar-refractivity contribution is 0.185. The quantitative estimate of drug-likeness (QED) is 0.822. The van der Waals surface area contributed by atoms with E-state index in [2.05, 4.69) is 37.4 Å². The third-order valence-corrected chi connectivity index (χ3v) is 3.28. The monoisotopic (exact) mass is 273 g/mol. The molecule has 3 heteroatoms. The summed E-state index contributed by atoms with van der Waals surface area (Å²) in [6, 6.07) is 12.6. The molecule has 0 aliphatic rings. The molecule has 2 aromatic rings. The maximum Gasteiger partial charge on any atom is 0.134 e. The van der Waals surface area contributed by atoms with Gasteiger partial charge in [0.25, 0.3) is 0 Å². The van der Waals surface area contributed by atoms with Crippen molar-refractivity contribution in [2.75, 3.05) is 13.7 Å². The van der Waals surface area contributed by atoms with Gasteiger partial charge in [-0.15, -0.1) is 0 Å². The Morgan fingerprint density at radius 3 is 2.85 bits per heavy atom. The van der Waals surface area contributed by atoms with Crippen LogP contribution in [0.3, 0.4) is 0 Å². The van der Waals surface area contributed by atoms with Crippen molar-refractivity contribution < 1.29 is 9.15 Å². The lowest BCUT2D eigenvalue weighted by Gasteiger charge is -2.10. The van der Waals surface area contributed by atoms with Crippen LogP contribution in [0.2, 0.25) is 0 Å². The maximum absolute atomic E-state index is 5.96. The minimum atomic E-state index is 0.242. The van der Waals surface area contributed by atoms with Crippen LogP contribution in [-0.2, 0) is 11.3 Å². The summed E-state index contributed by atoms with van der Waals surface area (Å²) < 4.78 is 11.1. The second-order valence-corrected chi connectivity index (χ2v) is 5.01. The number of rotatable bonds is 7. The fourth-order valence-electron chi connectivity index (χ4n) is 2.18. The molecule has 0 radical (unpaired) electrons. The van der Waals surface area contributed by atoms with Gasteiger partial charge in [-0.2, -0.15) is 0 Å². The molecule has 0 aliphatic carbocycles. The van der Waals surface area contributed by atoms with Crippen molar-refractivity contribution in [1.29, 1.82) is 0 Å². The highest BCUT2D eigenvalue weighted by atomic mass is 16.5. The second kappa shape index (κ2) is 7.27. The van der Waals surface area contributed by atoms with Crippen molar-refractivity contribution in [3.8, 4) is 11.3 Å². The summed E-state index contributed by atoms with van der Waals surface area (Å²) in [5.74, 6) is 1.88. The standard InChI is InChI=1S/C17H23NO2/c1-4-10-18-13(2)16-8-9-17(20-16)15-7-5-6-14(11-15)12-19-3/h5-9,11,13,18H,4,10,12H2,1-3H3. The van der Waals surface area contributed by atoms with E-state index in [-0.39, 0.29) is 6.04 Å². The number of hydrogen-bond acceptors (Lipinski definition) is 3. The normalized spacial score (nSPS) is 12.6. The predicted octanol–water partition coefficient (Wildman–Crippen LogP) is 4.15. The van der Waals surface area contributed by atoms with Crippen LogP contribution in [0.25, 0.3) is 11.3 Å². The summed E-state index contributed by atoms with van der Waals surface area (Å²) in [4.78, 5) is 0. The average molecular weight is 273 g/mol. The van der Waals surface area contributed by atoms with Gasteiger partial charge in [-0.05, 0) is 43.7 Å². The van der Waals surface area contributed by atoms with Gasteiger partial charge >= 0.3 is 0 Å². The minimum absolute atomic E-state index is 0.242. The molecule has 1 N–H and O–H groups in total. The lowest BCUT2D eigenvalue weighted by atomic mass is 10.1. The van der Waals surface area contributed by atoms with Gasteiger partial charge in [0, 0.05) is 12.7 Å². The molecule has 0 bridgehead atoms. The summed E-state index contributed by atoms with van der Waals surface area (Å²) in [6.45, 7) is 5.91. The Labute approximate surface area is 121 Å². The first-order valence-electron chi connectivity index (χ1n) is 7.16. The van der Waals surface area contributed by atoms with E-state index in [0.29, 0.717) is 6.61 Å². The zero-order valence-electron chi connectivity index (χ0n) is 12.5. The molecular formula is C17H23NO2. The Balaban J connectivity index is 2.13. The topological polar surface area (TPSA) is 34.4 Å². The van der Waals surface area contributed by atoms with Crippen molar-refractivity contribution >= 4 is 0 Å². The van der Waals surface area contributed by atoms with Crippen LogP contribution in [0.5, 0.6) is 0 Å². The summed E-state index contributed by atoms with van der Waals surface area (Å²) in [5, 5.41) is 3.43. The molecule has 0 amide bonds.